The minimum Gasteiger partial charge on any atom is -0.479 e. The van der Waals surface area contributed by atoms with Crippen LogP contribution < -0.4 is 9.64 Å². The second-order valence-electron chi connectivity index (χ2n) is 12.4. The van der Waals surface area contributed by atoms with Crippen LogP contribution in [-0.2, 0) is 16.0 Å². The number of aryl methyl sites for hydroxylation is 1. The van der Waals surface area contributed by atoms with E-state index in [0.29, 0.717) is 41.2 Å². The van der Waals surface area contributed by atoms with Gasteiger partial charge >= 0.3 is 5.97 Å². The van der Waals surface area contributed by atoms with Crippen molar-refractivity contribution in [3.63, 3.8) is 0 Å². The Labute approximate surface area is 244 Å². The average Bonchev–Trinajstić information content (AvgIpc) is 2.89. The quantitative estimate of drug-likeness (QED) is 0.288. The Hall–Kier alpha value is -3.66. The van der Waals surface area contributed by atoms with Gasteiger partial charge in [-0.15, -0.1) is 0 Å². The van der Waals surface area contributed by atoms with Gasteiger partial charge in [0, 0.05) is 59.9 Å². The van der Waals surface area contributed by atoms with Gasteiger partial charge in [-0.3, -0.25) is 4.98 Å². The van der Waals surface area contributed by atoms with Crippen LogP contribution in [0.15, 0.2) is 36.7 Å². The number of hydrogen-bond donors (Lipinski definition) is 1. The molecule has 1 aromatic carbocycles. The summed E-state index contributed by atoms with van der Waals surface area (Å²) in [7, 11) is 0. The van der Waals surface area contributed by atoms with Gasteiger partial charge in [-0.2, -0.15) is 0 Å². The van der Waals surface area contributed by atoms with Crippen molar-refractivity contribution < 1.29 is 32.5 Å². The maximum atomic E-state index is 15.3. The van der Waals surface area contributed by atoms with Gasteiger partial charge in [0.1, 0.15) is 11.6 Å². The molecular weight excluding hydrogens is 547 g/mol. The number of carbonyl (C=O) groups is 1. The molecule has 2 aromatic heterocycles. The Balaban J connectivity index is 1.72. The van der Waals surface area contributed by atoms with E-state index >= 15 is 4.39 Å². The van der Waals surface area contributed by atoms with Crippen LogP contribution in [0.5, 0.6) is 5.88 Å². The first-order valence-electron chi connectivity index (χ1n) is 14.0. The molecule has 0 spiro atoms. The molecule has 1 atom stereocenters. The zero-order chi connectivity index (χ0) is 30.8. The summed E-state index contributed by atoms with van der Waals surface area (Å²) in [6.45, 7) is 12.7. The SMILES string of the molecule is Cc1ncc(-c2cnc(OCCc3c(F)cccc3F)c(F)c2)c(N2CCC(C)(C)CC2)c1[C@H](OC(C)(C)C)C(=O)O. The molecule has 42 heavy (non-hydrogen) atoms. The monoisotopic (exact) mass is 585 g/mol. The summed E-state index contributed by atoms with van der Waals surface area (Å²) < 4.78 is 54.7. The minimum atomic E-state index is -1.30. The largest absolute Gasteiger partial charge is 0.479 e. The lowest BCUT2D eigenvalue weighted by Crippen LogP contribution is -2.39. The number of aliphatic carboxylic acids is 1. The van der Waals surface area contributed by atoms with E-state index in [2.05, 4.69) is 28.7 Å². The highest BCUT2D eigenvalue weighted by Gasteiger charge is 2.36. The molecule has 1 N–H and O–H groups in total. The standard InChI is InChI=1S/C32H38F3N3O4/c1-19-26(28(30(39)40)42-31(2,3)4)27(38-13-11-32(5,6)12-14-38)22(18-36-19)20-16-25(35)29(37-17-20)41-15-10-21-23(33)8-7-9-24(21)34/h7-9,16-18,28H,10-15H2,1-6H3,(H,39,40)/t28-/m0/s1. The van der Waals surface area contributed by atoms with Crippen LogP contribution in [-0.4, -0.2) is 46.3 Å². The summed E-state index contributed by atoms with van der Waals surface area (Å²) in [6.07, 6.45) is 3.38. The van der Waals surface area contributed by atoms with Gasteiger partial charge in [0.15, 0.2) is 11.9 Å². The second-order valence-corrected chi connectivity index (χ2v) is 12.4. The van der Waals surface area contributed by atoms with Crippen LogP contribution in [0.3, 0.4) is 0 Å². The number of carboxylic acids is 1. The van der Waals surface area contributed by atoms with Crippen LogP contribution in [0.4, 0.5) is 18.9 Å². The van der Waals surface area contributed by atoms with Gasteiger partial charge in [-0.25, -0.2) is 22.9 Å². The molecule has 0 aliphatic carbocycles. The molecule has 1 aliphatic heterocycles. The van der Waals surface area contributed by atoms with Crippen LogP contribution >= 0.6 is 0 Å². The Morgan fingerprint density at radius 2 is 1.71 bits per heavy atom. The first-order chi connectivity index (χ1) is 19.7. The summed E-state index contributed by atoms with van der Waals surface area (Å²) in [5, 5.41) is 10.3. The molecule has 0 radical (unpaired) electrons. The zero-order valence-electron chi connectivity index (χ0n) is 24.9. The number of ether oxygens (including phenoxy) is 2. The second kappa shape index (κ2) is 12.3. The lowest BCUT2D eigenvalue weighted by atomic mass is 9.82. The van der Waals surface area contributed by atoms with E-state index < -0.39 is 35.1 Å². The molecule has 3 aromatic rings. The molecule has 10 heteroatoms. The highest BCUT2D eigenvalue weighted by atomic mass is 19.1. The van der Waals surface area contributed by atoms with Crippen LogP contribution in [0, 0.1) is 29.8 Å². The topological polar surface area (TPSA) is 84.8 Å². The molecule has 1 saturated heterocycles. The number of benzene rings is 1. The highest BCUT2D eigenvalue weighted by molar-refractivity contribution is 5.86. The molecule has 3 heterocycles. The summed E-state index contributed by atoms with van der Waals surface area (Å²) in [4.78, 5) is 23.3. The third-order valence-electron chi connectivity index (χ3n) is 7.45. The van der Waals surface area contributed by atoms with Gasteiger partial charge in [-0.05, 0) is 64.2 Å². The van der Waals surface area contributed by atoms with Crippen LogP contribution in [0.1, 0.15) is 70.4 Å². The molecule has 4 rings (SSSR count). The number of pyridine rings is 2. The number of halogens is 3. The molecule has 0 amide bonds. The summed E-state index contributed by atoms with van der Waals surface area (Å²) in [6, 6.07) is 4.82. The molecule has 1 fully saturated rings. The van der Waals surface area contributed by atoms with Crippen LogP contribution in [0.25, 0.3) is 11.1 Å². The number of aromatic nitrogens is 2. The van der Waals surface area contributed by atoms with E-state index in [1.165, 1.54) is 18.3 Å². The Bertz CT molecular complexity index is 1430. The fourth-order valence-electron chi connectivity index (χ4n) is 5.10. The number of carboxylic acid groups (broad SMARTS) is 1. The van der Waals surface area contributed by atoms with Crippen molar-refractivity contribution in [1.29, 1.82) is 0 Å². The van der Waals surface area contributed by atoms with Crippen molar-refractivity contribution in [2.75, 3.05) is 24.6 Å². The molecule has 0 unspecified atom stereocenters. The van der Waals surface area contributed by atoms with Gasteiger partial charge in [0.2, 0.25) is 5.88 Å². The Morgan fingerprint density at radius 3 is 2.29 bits per heavy atom. The Morgan fingerprint density at radius 1 is 1.07 bits per heavy atom. The van der Waals surface area contributed by atoms with Gasteiger partial charge in [-0.1, -0.05) is 19.9 Å². The predicted molar refractivity (Wildman–Crippen MR) is 154 cm³/mol. The third kappa shape index (κ3) is 7.21. The van der Waals surface area contributed by atoms with Gasteiger partial charge in [0.25, 0.3) is 0 Å². The highest BCUT2D eigenvalue weighted by Crippen LogP contribution is 2.43. The van der Waals surface area contributed by atoms with E-state index in [1.54, 1.807) is 33.9 Å². The molecule has 1 aliphatic rings. The fourth-order valence-corrected chi connectivity index (χ4v) is 5.10. The normalized spacial score (nSPS) is 15.9. The van der Waals surface area contributed by atoms with E-state index in [4.69, 9.17) is 9.47 Å². The van der Waals surface area contributed by atoms with Crippen molar-refractivity contribution >= 4 is 11.7 Å². The number of hydrogen-bond acceptors (Lipinski definition) is 6. The molecular formula is C32H38F3N3O4. The maximum Gasteiger partial charge on any atom is 0.337 e. The zero-order valence-corrected chi connectivity index (χ0v) is 24.9. The van der Waals surface area contributed by atoms with E-state index in [-0.39, 0.29) is 29.9 Å². The predicted octanol–water partition coefficient (Wildman–Crippen LogP) is 7.06. The summed E-state index contributed by atoms with van der Waals surface area (Å²) >= 11 is 0. The van der Waals surface area contributed by atoms with Crippen molar-refractivity contribution in [1.82, 2.24) is 9.97 Å². The van der Waals surface area contributed by atoms with E-state index in [0.717, 1.165) is 25.0 Å². The van der Waals surface area contributed by atoms with Crippen molar-refractivity contribution in [2.24, 2.45) is 5.41 Å². The smallest absolute Gasteiger partial charge is 0.337 e. The molecule has 0 saturated carbocycles. The maximum absolute atomic E-state index is 15.3. The number of piperidine rings is 1. The van der Waals surface area contributed by atoms with Crippen LogP contribution in [0.2, 0.25) is 0 Å². The Kier molecular flexibility index (Phi) is 9.15. The number of rotatable bonds is 9. The third-order valence-corrected chi connectivity index (χ3v) is 7.45. The van der Waals surface area contributed by atoms with Crippen molar-refractivity contribution in [2.45, 2.75) is 72.5 Å². The minimum absolute atomic E-state index is 0.105. The lowest BCUT2D eigenvalue weighted by molar-refractivity contribution is -0.160. The van der Waals surface area contributed by atoms with E-state index in [1.807, 2.05) is 0 Å². The van der Waals surface area contributed by atoms with E-state index in [9.17, 15) is 18.7 Å². The van der Waals surface area contributed by atoms with Gasteiger partial charge in [0.05, 0.1) is 17.9 Å². The first-order valence-corrected chi connectivity index (χ1v) is 14.0. The number of nitrogens with zero attached hydrogens (tertiary/aromatic N) is 3. The number of anilines is 1. The summed E-state index contributed by atoms with van der Waals surface area (Å²) in [5.74, 6) is -3.63. The molecule has 0 bridgehead atoms. The molecule has 7 nitrogen and oxygen atoms in total. The van der Waals surface area contributed by atoms with Crippen molar-refractivity contribution in [3.05, 3.63) is 70.9 Å². The lowest BCUT2D eigenvalue weighted by Gasteiger charge is -2.40. The van der Waals surface area contributed by atoms with Crippen molar-refractivity contribution in [3.8, 4) is 17.0 Å². The summed E-state index contributed by atoms with van der Waals surface area (Å²) in [5.41, 5.74) is 1.67. The molecule has 226 valence electrons. The fraction of sp³-hybridized carbons (Fsp3) is 0.469. The van der Waals surface area contributed by atoms with Gasteiger partial charge < -0.3 is 19.5 Å². The average molecular weight is 586 g/mol. The first kappa shape index (κ1) is 31.3.